The van der Waals surface area contributed by atoms with Gasteiger partial charge in [-0.05, 0) is 46.8 Å². The maximum Gasteiger partial charge on any atom is 0.251 e. The Balaban J connectivity index is 2.64. The summed E-state index contributed by atoms with van der Waals surface area (Å²) in [5.41, 5.74) is 0.137. The SMILES string of the molecule is CCN(CC(=O)NC(C)(C)C)C(=O)C(C)NC(=O)c1ccccc1. The summed E-state index contributed by atoms with van der Waals surface area (Å²) in [6.45, 7) is 9.42. The van der Waals surface area contributed by atoms with Crippen LogP contribution in [0.5, 0.6) is 0 Å². The quantitative estimate of drug-likeness (QED) is 0.829. The molecule has 132 valence electrons. The number of rotatable bonds is 6. The monoisotopic (exact) mass is 333 g/mol. The predicted molar refractivity (Wildman–Crippen MR) is 93.5 cm³/mol. The van der Waals surface area contributed by atoms with Crippen molar-refractivity contribution in [3.8, 4) is 0 Å². The molecule has 0 saturated carbocycles. The molecule has 2 N–H and O–H groups in total. The minimum atomic E-state index is -0.708. The number of amides is 3. The van der Waals surface area contributed by atoms with Crippen LogP contribution >= 0.6 is 0 Å². The van der Waals surface area contributed by atoms with Gasteiger partial charge in [0.1, 0.15) is 6.04 Å². The first-order valence-corrected chi connectivity index (χ1v) is 8.09. The van der Waals surface area contributed by atoms with Crippen molar-refractivity contribution in [2.24, 2.45) is 0 Å². The van der Waals surface area contributed by atoms with E-state index >= 15 is 0 Å². The van der Waals surface area contributed by atoms with Crippen molar-refractivity contribution in [1.82, 2.24) is 15.5 Å². The van der Waals surface area contributed by atoms with Gasteiger partial charge in [0.05, 0.1) is 6.54 Å². The molecule has 3 amide bonds. The van der Waals surface area contributed by atoms with E-state index in [-0.39, 0.29) is 29.8 Å². The van der Waals surface area contributed by atoms with Crippen molar-refractivity contribution in [2.45, 2.75) is 46.2 Å². The van der Waals surface area contributed by atoms with Crippen LogP contribution < -0.4 is 10.6 Å². The third kappa shape index (κ3) is 6.40. The lowest BCUT2D eigenvalue weighted by Gasteiger charge is -2.27. The molecule has 24 heavy (non-hydrogen) atoms. The molecule has 0 aliphatic rings. The number of benzene rings is 1. The van der Waals surface area contributed by atoms with Crippen LogP contribution in [0.2, 0.25) is 0 Å². The topological polar surface area (TPSA) is 78.5 Å². The molecule has 1 rings (SSSR count). The van der Waals surface area contributed by atoms with Gasteiger partial charge in [0.2, 0.25) is 11.8 Å². The second-order valence-electron chi connectivity index (χ2n) is 6.71. The molecule has 0 fully saturated rings. The minimum absolute atomic E-state index is 0.0296. The van der Waals surface area contributed by atoms with Gasteiger partial charge in [-0.15, -0.1) is 0 Å². The summed E-state index contributed by atoms with van der Waals surface area (Å²) in [6.07, 6.45) is 0. The third-order valence-corrected chi connectivity index (χ3v) is 3.30. The Morgan fingerprint density at radius 3 is 2.21 bits per heavy atom. The molecule has 6 nitrogen and oxygen atoms in total. The van der Waals surface area contributed by atoms with Gasteiger partial charge in [0.15, 0.2) is 0 Å². The molecule has 0 spiro atoms. The fourth-order valence-corrected chi connectivity index (χ4v) is 2.18. The van der Waals surface area contributed by atoms with E-state index < -0.39 is 6.04 Å². The van der Waals surface area contributed by atoms with Crippen molar-refractivity contribution < 1.29 is 14.4 Å². The first-order chi connectivity index (χ1) is 11.1. The zero-order valence-electron chi connectivity index (χ0n) is 15.1. The lowest BCUT2D eigenvalue weighted by atomic mass is 10.1. The summed E-state index contributed by atoms with van der Waals surface area (Å²) in [6, 6.07) is 7.99. The molecular weight excluding hydrogens is 306 g/mol. The molecule has 1 aromatic rings. The van der Waals surface area contributed by atoms with Crippen LogP contribution in [0.15, 0.2) is 30.3 Å². The molecule has 0 saturated heterocycles. The van der Waals surface area contributed by atoms with Crippen LogP contribution in [0.4, 0.5) is 0 Å². The number of nitrogens with one attached hydrogen (secondary N) is 2. The highest BCUT2D eigenvalue weighted by atomic mass is 16.2. The first-order valence-electron chi connectivity index (χ1n) is 8.09. The summed E-state index contributed by atoms with van der Waals surface area (Å²) in [5.74, 6) is -0.822. The van der Waals surface area contributed by atoms with E-state index in [1.54, 1.807) is 38.1 Å². The van der Waals surface area contributed by atoms with Crippen molar-refractivity contribution >= 4 is 17.7 Å². The van der Waals surface area contributed by atoms with Gasteiger partial charge in [-0.3, -0.25) is 14.4 Å². The fraction of sp³-hybridized carbons (Fsp3) is 0.500. The van der Waals surface area contributed by atoms with Crippen molar-refractivity contribution in [3.05, 3.63) is 35.9 Å². The van der Waals surface area contributed by atoms with Crippen molar-refractivity contribution in [1.29, 1.82) is 0 Å². The zero-order valence-corrected chi connectivity index (χ0v) is 15.1. The van der Waals surface area contributed by atoms with Gasteiger partial charge in [0.25, 0.3) is 5.91 Å². The molecule has 1 atom stereocenters. The van der Waals surface area contributed by atoms with Gasteiger partial charge in [-0.1, -0.05) is 18.2 Å². The van der Waals surface area contributed by atoms with Gasteiger partial charge < -0.3 is 15.5 Å². The summed E-state index contributed by atoms with van der Waals surface area (Å²) >= 11 is 0. The Morgan fingerprint density at radius 1 is 1.12 bits per heavy atom. The minimum Gasteiger partial charge on any atom is -0.350 e. The van der Waals surface area contributed by atoms with E-state index in [0.29, 0.717) is 12.1 Å². The molecule has 0 aliphatic heterocycles. The predicted octanol–water partition coefficient (Wildman–Crippen LogP) is 1.57. The third-order valence-electron chi connectivity index (χ3n) is 3.30. The van der Waals surface area contributed by atoms with E-state index in [9.17, 15) is 14.4 Å². The maximum absolute atomic E-state index is 12.5. The molecule has 0 aromatic heterocycles. The van der Waals surface area contributed by atoms with E-state index in [1.165, 1.54) is 4.90 Å². The summed E-state index contributed by atoms with van der Waals surface area (Å²) in [5, 5.41) is 5.49. The Kier molecular flexibility index (Phi) is 6.95. The fourth-order valence-electron chi connectivity index (χ4n) is 2.18. The van der Waals surface area contributed by atoms with Crippen molar-refractivity contribution in [2.75, 3.05) is 13.1 Å². The molecule has 0 aliphatic carbocycles. The Bertz CT molecular complexity index is 579. The lowest BCUT2D eigenvalue weighted by molar-refractivity contribution is -0.137. The summed E-state index contributed by atoms with van der Waals surface area (Å²) < 4.78 is 0. The largest absolute Gasteiger partial charge is 0.350 e. The van der Waals surface area contributed by atoms with E-state index in [1.807, 2.05) is 26.8 Å². The highest BCUT2D eigenvalue weighted by Gasteiger charge is 2.24. The normalized spacial score (nSPS) is 12.2. The Hall–Kier alpha value is -2.37. The lowest BCUT2D eigenvalue weighted by Crippen LogP contribution is -2.51. The zero-order chi connectivity index (χ0) is 18.3. The number of carbonyl (C=O) groups is 3. The molecule has 6 heteroatoms. The van der Waals surface area contributed by atoms with E-state index in [2.05, 4.69) is 10.6 Å². The van der Waals surface area contributed by atoms with Gasteiger partial charge in [-0.2, -0.15) is 0 Å². The van der Waals surface area contributed by atoms with Crippen LogP contribution in [-0.2, 0) is 9.59 Å². The molecular formula is C18H27N3O3. The average Bonchev–Trinajstić information content (AvgIpc) is 2.50. The summed E-state index contributed by atoms with van der Waals surface area (Å²) in [4.78, 5) is 38.0. The highest BCUT2D eigenvalue weighted by Crippen LogP contribution is 2.02. The highest BCUT2D eigenvalue weighted by molar-refractivity contribution is 5.97. The summed E-state index contributed by atoms with van der Waals surface area (Å²) in [7, 11) is 0. The van der Waals surface area contributed by atoms with Crippen molar-refractivity contribution in [3.63, 3.8) is 0 Å². The van der Waals surface area contributed by atoms with Crippen LogP contribution in [0.1, 0.15) is 45.0 Å². The Labute approximate surface area is 143 Å². The number of likely N-dealkylation sites (N-methyl/N-ethyl adjacent to an activating group) is 1. The van der Waals surface area contributed by atoms with E-state index in [4.69, 9.17) is 0 Å². The number of hydrogen-bond donors (Lipinski definition) is 2. The molecule has 0 bridgehead atoms. The van der Waals surface area contributed by atoms with Crippen LogP contribution in [0.3, 0.4) is 0 Å². The van der Waals surface area contributed by atoms with Gasteiger partial charge in [-0.25, -0.2) is 0 Å². The van der Waals surface area contributed by atoms with Gasteiger partial charge in [0, 0.05) is 17.6 Å². The standard InChI is InChI=1S/C18H27N3O3/c1-6-21(12-15(22)20-18(3,4)5)17(24)13(2)19-16(23)14-10-8-7-9-11-14/h7-11,13H,6,12H2,1-5H3,(H,19,23)(H,20,22). The first kappa shape index (κ1) is 19.7. The van der Waals surface area contributed by atoms with Crippen LogP contribution in [-0.4, -0.2) is 47.3 Å². The second-order valence-corrected chi connectivity index (χ2v) is 6.71. The number of carbonyl (C=O) groups excluding carboxylic acids is 3. The van der Waals surface area contributed by atoms with Crippen LogP contribution in [0.25, 0.3) is 0 Å². The maximum atomic E-state index is 12.5. The second kappa shape index (κ2) is 8.47. The van der Waals surface area contributed by atoms with Crippen LogP contribution in [0, 0.1) is 0 Å². The Morgan fingerprint density at radius 2 is 1.71 bits per heavy atom. The molecule has 1 aromatic carbocycles. The molecule has 1 unspecified atom stereocenters. The van der Waals surface area contributed by atoms with Gasteiger partial charge >= 0.3 is 0 Å². The molecule has 0 heterocycles. The van der Waals surface area contributed by atoms with E-state index in [0.717, 1.165) is 0 Å². The average molecular weight is 333 g/mol. The number of nitrogens with zero attached hydrogens (tertiary/aromatic N) is 1. The number of hydrogen-bond acceptors (Lipinski definition) is 3. The molecule has 0 radical (unpaired) electrons. The smallest absolute Gasteiger partial charge is 0.251 e.